The maximum atomic E-state index is 9.56. The van der Waals surface area contributed by atoms with E-state index in [1.165, 1.54) is 0 Å². The van der Waals surface area contributed by atoms with Crippen LogP contribution in [0.25, 0.3) is 0 Å². The SMILES string of the molecule is OC1CCn2c(cnc2C2CCCO2)C1. The highest BCUT2D eigenvalue weighted by atomic mass is 16.5. The zero-order chi connectivity index (χ0) is 10.3. The molecule has 15 heavy (non-hydrogen) atoms. The van der Waals surface area contributed by atoms with Gasteiger partial charge in [-0.15, -0.1) is 0 Å². The van der Waals surface area contributed by atoms with Crippen LogP contribution in [0.15, 0.2) is 6.20 Å². The van der Waals surface area contributed by atoms with Gasteiger partial charge in [0.25, 0.3) is 0 Å². The topological polar surface area (TPSA) is 47.3 Å². The van der Waals surface area contributed by atoms with Gasteiger partial charge in [-0.05, 0) is 19.3 Å². The van der Waals surface area contributed by atoms with Gasteiger partial charge >= 0.3 is 0 Å². The number of aliphatic hydroxyl groups excluding tert-OH is 1. The molecule has 2 atom stereocenters. The average Bonchev–Trinajstić information content (AvgIpc) is 2.82. The normalized spacial score (nSPS) is 30.5. The Balaban J connectivity index is 1.90. The maximum Gasteiger partial charge on any atom is 0.138 e. The smallest absolute Gasteiger partial charge is 0.138 e. The van der Waals surface area contributed by atoms with Crippen LogP contribution in [0.5, 0.6) is 0 Å². The number of nitrogens with zero attached hydrogens (tertiary/aromatic N) is 2. The number of fused-ring (bicyclic) bond motifs is 1. The Kier molecular flexibility index (Phi) is 2.25. The molecule has 2 unspecified atom stereocenters. The van der Waals surface area contributed by atoms with Crippen molar-refractivity contribution in [1.29, 1.82) is 0 Å². The molecule has 3 heterocycles. The maximum absolute atomic E-state index is 9.56. The quantitative estimate of drug-likeness (QED) is 0.750. The van der Waals surface area contributed by atoms with E-state index >= 15 is 0 Å². The minimum atomic E-state index is -0.188. The predicted octanol–water partition coefficient (Wildman–Crippen LogP) is 1.04. The Labute approximate surface area is 88.9 Å². The fraction of sp³-hybridized carbons (Fsp3) is 0.727. The van der Waals surface area contributed by atoms with Gasteiger partial charge in [0.05, 0.1) is 6.10 Å². The van der Waals surface area contributed by atoms with Gasteiger partial charge in [0, 0.05) is 31.5 Å². The molecule has 4 heteroatoms. The van der Waals surface area contributed by atoms with Gasteiger partial charge in [-0.3, -0.25) is 0 Å². The van der Waals surface area contributed by atoms with Gasteiger partial charge in [0.15, 0.2) is 0 Å². The van der Waals surface area contributed by atoms with Crippen LogP contribution in [-0.2, 0) is 17.7 Å². The van der Waals surface area contributed by atoms with Gasteiger partial charge in [-0.25, -0.2) is 4.98 Å². The monoisotopic (exact) mass is 208 g/mol. The summed E-state index contributed by atoms with van der Waals surface area (Å²) in [6.45, 7) is 1.74. The van der Waals surface area contributed by atoms with Crippen molar-refractivity contribution in [2.24, 2.45) is 0 Å². The van der Waals surface area contributed by atoms with Crippen LogP contribution in [0, 0.1) is 0 Å². The molecule has 0 amide bonds. The summed E-state index contributed by atoms with van der Waals surface area (Å²) in [6.07, 6.45) is 5.68. The van der Waals surface area contributed by atoms with Crippen molar-refractivity contribution in [1.82, 2.24) is 9.55 Å². The first-order valence-corrected chi connectivity index (χ1v) is 5.68. The number of hydrogen-bond donors (Lipinski definition) is 1. The average molecular weight is 208 g/mol. The van der Waals surface area contributed by atoms with Crippen molar-refractivity contribution in [3.63, 3.8) is 0 Å². The lowest BCUT2D eigenvalue weighted by Gasteiger charge is -2.22. The zero-order valence-electron chi connectivity index (χ0n) is 8.72. The molecule has 0 aliphatic carbocycles. The number of rotatable bonds is 1. The Morgan fingerprint density at radius 3 is 3.20 bits per heavy atom. The van der Waals surface area contributed by atoms with Crippen molar-refractivity contribution < 1.29 is 9.84 Å². The lowest BCUT2D eigenvalue weighted by Crippen LogP contribution is -2.24. The number of hydrogen-bond acceptors (Lipinski definition) is 3. The lowest BCUT2D eigenvalue weighted by molar-refractivity contribution is 0.0964. The highest BCUT2D eigenvalue weighted by Crippen LogP contribution is 2.30. The van der Waals surface area contributed by atoms with E-state index in [4.69, 9.17) is 4.74 Å². The van der Waals surface area contributed by atoms with Crippen molar-refractivity contribution in [2.75, 3.05) is 6.61 Å². The molecule has 0 bridgehead atoms. The highest BCUT2D eigenvalue weighted by Gasteiger charge is 2.26. The fourth-order valence-corrected chi connectivity index (χ4v) is 2.51. The molecule has 3 rings (SSSR count). The molecule has 0 radical (unpaired) electrons. The second kappa shape index (κ2) is 3.61. The number of aromatic nitrogens is 2. The molecular weight excluding hydrogens is 192 g/mol. The Bertz CT molecular complexity index is 355. The molecule has 2 aliphatic rings. The molecule has 82 valence electrons. The second-order valence-corrected chi connectivity index (χ2v) is 4.41. The van der Waals surface area contributed by atoms with E-state index in [1.54, 1.807) is 0 Å². The third kappa shape index (κ3) is 1.58. The van der Waals surface area contributed by atoms with Crippen molar-refractivity contribution in [2.45, 2.75) is 44.4 Å². The van der Waals surface area contributed by atoms with Gasteiger partial charge in [-0.1, -0.05) is 0 Å². The summed E-state index contributed by atoms with van der Waals surface area (Å²) >= 11 is 0. The predicted molar refractivity (Wildman–Crippen MR) is 54.5 cm³/mol. The van der Waals surface area contributed by atoms with Crippen LogP contribution in [0.1, 0.15) is 36.9 Å². The third-order valence-electron chi connectivity index (χ3n) is 3.32. The standard InChI is InChI=1S/C11H16N2O2/c14-9-3-4-13-8(6-9)7-12-11(13)10-2-1-5-15-10/h7,9-10,14H,1-6H2. The first-order chi connectivity index (χ1) is 7.34. The largest absolute Gasteiger partial charge is 0.393 e. The minimum absolute atomic E-state index is 0.188. The second-order valence-electron chi connectivity index (χ2n) is 4.41. The van der Waals surface area contributed by atoms with E-state index in [9.17, 15) is 5.11 Å². The van der Waals surface area contributed by atoms with Crippen LogP contribution in [0.2, 0.25) is 0 Å². The third-order valence-corrected chi connectivity index (χ3v) is 3.32. The highest BCUT2D eigenvalue weighted by molar-refractivity contribution is 5.11. The van der Waals surface area contributed by atoms with Crippen molar-refractivity contribution >= 4 is 0 Å². The summed E-state index contributed by atoms with van der Waals surface area (Å²) in [5.41, 5.74) is 1.15. The summed E-state index contributed by atoms with van der Waals surface area (Å²) in [6, 6.07) is 0. The zero-order valence-corrected chi connectivity index (χ0v) is 8.72. The van der Waals surface area contributed by atoms with Crippen LogP contribution >= 0.6 is 0 Å². The van der Waals surface area contributed by atoms with Gasteiger partial charge < -0.3 is 14.4 Å². The Hall–Kier alpha value is -0.870. The molecule has 1 aromatic heterocycles. The van der Waals surface area contributed by atoms with E-state index in [2.05, 4.69) is 9.55 Å². The van der Waals surface area contributed by atoms with E-state index < -0.39 is 0 Å². The summed E-state index contributed by atoms with van der Waals surface area (Å²) in [5.74, 6) is 1.06. The van der Waals surface area contributed by atoms with E-state index in [0.29, 0.717) is 0 Å². The molecule has 0 saturated carbocycles. The van der Waals surface area contributed by atoms with Crippen molar-refractivity contribution in [3.8, 4) is 0 Å². The number of aliphatic hydroxyl groups is 1. The van der Waals surface area contributed by atoms with Gasteiger partial charge in [0.2, 0.25) is 0 Å². The molecule has 0 spiro atoms. The van der Waals surface area contributed by atoms with Gasteiger partial charge in [-0.2, -0.15) is 0 Å². The summed E-state index contributed by atoms with van der Waals surface area (Å²) in [4.78, 5) is 4.44. The first kappa shape index (κ1) is 9.36. The van der Waals surface area contributed by atoms with Crippen LogP contribution < -0.4 is 0 Å². The summed E-state index contributed by atoms with van der Waals surface area (Å²) in [7, 11) is 0. The molecule has 4 nitrogen and oxygen atoms in total. The molecule has 0 aromatic carbocycles. The number of imidazole rings is 1. The van der Waals surface area contributed by atoms with Crippen LogP contribution in [-0.4, -0.2) is 27.4 Å². The van der Waals surface area contributed by atoms with Gasteiger partial charge in [0.1, 0.15) is 11.9 Å². The first-order valence-electron chi connectivity index (χ1n) is 5.68. The van der Waals surface area contributed by atoms with Crippen LogP contribution in [0.4, 0.5) is 0 Å². The Morgan fingerprint density at radius 2 is 2.40 bits per heavy atom. The van der Waals surface area contributed by atoms with E-state index in [1.807, 2.05) is 6.20 Å². The van der Waals surface area contributed by atoms with Crippen molar-refractivity contribution in [3.05, 3.63) is 17.7 Å². The minimum Gasteiger partial charge on any atom is -0.393 e. The molecule has 1 aromatic rings. The summed E-state index contributed by atoms with van der Waals surface area (Å²) in [5, 5.41) is 9.56. The fourth-order valence-electron chi connectivity index (χ4n) is 2.51. The van der Waals surface area contributed by atoms with E-state index in [-0.39, 0.29) is 12.2 Å². The summed E-state index contributed by atoms with van der Waals surface area (Å²) < 4.78 is 7.87. The number of ether oxygens (including phenoxy) is 1. The molecule has 1 saturated heterocycles. The Morgan fingerprint density at radius 1 is 1.47 bits per heavy atom. The van der Waals surface area contributed by atoms with Crippen LogP contribution in [0.3, 0.4) is 0 Å². The molecule has 1 fully saturated rings. The lowest BCUT2D eigenvalue weighted by atomic mass is 10.1. The molecule has 2 aliphatic heterocycles. The van der Waals surface area contributed by atoms with E-state index in [0.717, 1.165) is 50.4 Å². The molecular formula is C11H16N2O2. The molecule has 1 N–H and O–H groups in total.